The quantitative estimate of drug-likeness (QED) is 0.675. The molecule has 1 atom stereocenters. The number of halogens is 1. The monoisotopic (exact) mass is 471 g/mol. The zero-order valence-electron chi connectivity index (χ0n) is 18.4. The number of benzene rings is 1. The Balaban J connectivity index is 1.75. The Labute approximate surface area is 187 Å². The molecule has 1 aromatic heterocycles. The maximum Gasteiger partial charge on any atom is 0.261 e. The van der Waals surface area contributed by atoms with Gasteiger partial charge in [0.1, 0.15) is 6.04 Å². The first kappa shape index (κ1) is 21.2. The highest BCUT2D eigenvalue weighted by atomic mass is 79.9. The average molecular weight is 472 g/mol. The minimum atomic E-state index is -0.632. The number of anilines is 1. The highest BCUT2D eigenvalue weighted by molar-refractivity contribution is 9.10. The number of aromatic nitrogens is 1. The van der Waals surface area contributed by atoms with Crippen molar-refractivity contribution in [1.82, 2.24) is 9.88 Å². The molecule has 0 unspecified atom stereocenters. The predicted molar refractivity (Wildman–Crippen MR) is 123 cm³/mol. The van der Waals surface area contributed by atoms with Crippen molar-refractivity contribution in [3.63, 3.8) is 0 Å². The zero-order chi connectivity index (χ0) is 21.7. The van der Waals surface area contributed by atoms with Gasteiger partial charge in [0.15, 0.2) is 0 Å². The van der Waals surface area contributed by atoms with Gasteiger partial charge in [0.05, 0.1) is 5.56 Å². The first-order valence-corrected chi connectivity index (χ1v) is 11.6. The van der Waals surface area contributed by atoms with Crippen LogP contribution in [0, 0.1) is 26.7 Å². The summed E-state index contributed by atoms with van der Waals surface area (Å²) in [7, 11) is 1.96. The van der Waals surface area contributed by atoms with E-state index < -0.39 is 6.04 Å². The minimum Gasteiger partial charge on any atom is -0.351 e. The fraction of sp³-hybridized carbons (Fsp3) is 0.500. The van der Waals surface area contributed by atoms with Crippen molar-refractivity contribution in [1.29, 1.82) is 0 Å². The van der Waals surface area contributed by atoms with Crippen LogP contribution in [0.25, 0.3) is 0 Å². The number of carbonyl (C=O) groups is 2. The molecule has 0 radical (unpaired) electrons. The lowest BCUT2D eigenvalue weighted by Crippen LogP contribution is -2.45. The molecule has 30 heavy (non-hydrogen) atoms. The lowest BCUT2D eigenvalue weighted by atomic mass is 9.87. The fourth-order valence-corrected chi connectivity index (χ4v) is 5.17. The Morgan fingerprint density at radius 2 is 1.77 bits per heavy atom. The summed E-state index contributed by atoms with van der Waals surface area (Å²) in [5, 5.41) is 3.27. The van der Waals surface area contributed by atoms with Crippen LogP contribution in [0.3, 0.4) is 0 Å². The highest BCUT2D eigenvalue weighted by Gasteiger charge is 2.46. The third-order valence-corrected chi connectivity index (χ3v) is 7.91. The van der Waals surface area contributed by atoms with Crippen LogP contribution in [0.2, 0.25) is 0 Å². The second-order valence-electron chi connectivity index (χ2n) is 9.00. The van der Waals surface area contributed by atoms with Crippen molar-refractivity contribution in [2.75, 3.05) is 4.90 Å². The van der Waals surface area contributed by atoms with Crippen LogP contribution in [-0.2, 0) is 11.8 Å². The second-order valence-corrected chi connectivity index (χ2v) is 9.85. The molecule has 0 spiro atoms. The first-order chi connectivity index (χ1) is 14.2. The summed E-state index contributed by atoms with van der Waals surface area (Å²) in [4.78, 5) is 28.8. The summed E-state index contributed by atoms with van der Waals surface area (Å²) in [6.45, 7) is 8.22. The van der Waals surface area contributed by atoms with E-state index in [9.17, 15) is 9.59 Å². The molecule has 2 aromatic rings. The Morgan fingerprint density at radius 1 is 1.10 bits per heavy atom. The van der Waals surface area contributed by atoms with Gasteiger partial charge in [-0.3, -0.25) is 14.5 Å². The van der Waals surface area contributed by atoms with Crippen LogP contribution >= 0.6 is 15.9 Å². The van der Waals surface area contributed by atoms with Gasteiger partial charge in [-0.05, 0) is 76.1 Å². The molecule has 1 saturated carbocycles. The van der Waals surface area contributed by atoms with Crippen molar-refractivity contribution in [3.8, 4) is 0 Å². The van der Waals surface area contributed by atoms with E-state index in [0.29, 0.717) is 5.56 Å². The average Bonchev–Trinajstić information content (AvgIpc) is 3.13. The largest absolute Gasteiger partial charge is 0.351 e. The lowest BCUT2D eigenvalue weighted by Gasteiger charge is -2.31. The molecule has 1 fully saturated rings. The molecule has 2 aliphatic rings. The highest BCUT2D eigenvalue weighted by Crippen LogP contribution is 2.43. The van der Waals surface area contributed by atoms with E-state index in [1.165, 1.54) is 0 Å². The van der Waals surface area contributed by atoms with Crippen molar-refractivity contribution in [2.45, 2.75) is 65.5 Å². The number of nitrogens with zero attached hydrogens (tertiary/aromatic N) is 2. The van der Waals surface area contributed by atoms with Gasteiger partial charge in [0, 0.05) is 40.2 Å². The van der Waals surface area contributed by atoms with E-state index >= 15 is 0 Å². The van der Waals surface area contributed by atoms with Crippen LogP contribution in [0.1, 0.15) is 71.5 Å². The fourth-order valence-electron chi connectivity index (χ4n) is 4.93. The third-order valence-electron chi connectivity index (χ3n) is 7.02. The van der Waals surface area contributed by atoms with Crippen molar-refractivity contribution in [3.05, 3.63) is 50.8 Å². The lowest BCUT2D eigenvalue weighted by molar-refractivity contribution is -0.123. The Hall–Kier alpha value is -2.08. The Morgan fingerprint density at radius 3 is 2.40 bits per heavy atom. The van der Waals surface area contributed by atoms with Gasteiger partial charge < -0.3 is 9.88 Å². The SMILES string of the molecule is Cc1cc(N2C(=O)c3c(c(C)n(C)c3C)[C@H]2C(=O)NC2CCC(C)CC2)ccc1Br. The number of rotatable bonds is 3. The smallest absolute Gasteiger partial charge is 0.261 e. The predicted octanol–water partition coefficient (Wildman–Crippen LogP) is 5.11. The van der Waals surface area contributed by atoms with Gasteiger partial charge >= 0.3 is 0 Å². The molecule has 1 aliphatic carbocycles. The number of hydrogen-bond donors (Lipinski definition) is 1. The molecule has 160 valence electrons. The summed E-state index contributed by atoms with van der Waals surface area (Å²) < 4.78 is 3.01. The number of amides is 2. The van der Waals surface area contributed by atoms with Gasteiger partial charge in [0.25, 0.3) is 5.91 Å². The van der Waals surface area contributed by atoms with Crippen molar-refractivity contribution >= 4 is 33.4 Å². The standard InChI is InChI=1S/C24H30BrN3O2/c1-13-6-8-17(9-7-13)26-23(29)22-20-15(3)27(5)16(4)21(20)24(30)28(22)18-10-11-19(25)14(2)12-18/h10-13,17,22H,6-9H2,1-5H3,(H,26,29)/t13?,17?,22-/m0/s1. The summed E-state index contributed by atoms with van der Waals surface area (Å²) in [5.74, 6) is 0.556. The van der Waals surface area contributed by atoms with E-state index in [-0.39, 0.29) is 17.9 Å². The van der Waals surface area contributed by atoms with Gasteiger partial charge in [-0.2, -0.15) is 0 Å². The number of nitrogens with one attached hydrogen (secondary N) is 1. The van der Waals surface area contributed by atoms with Crippen molar-refractivity contribution < 1.29 is 9.59 Å². The first-order valence-electron chi connectivity index (χ1n) is 10.8. The molecular weight excluding hydrogens is 442 g/mol. The van der Waals surface area contributed by atoms with Gasteiger partial charge in [0.2, 0.25) is 5.91 Å². The van der Waals surface area contributed by atoms with E-state index in [1.807, 2.05) is 50.6 Å². The van der Waals surface area contributed by atoms with Crippen molar-refractivity contribution in [2.24, 2.45) is 13.0 Å². The Kier molecular flexibility index (Phi) is 5.56. The zero-order valence-corrected chi connectivity index (χ0v) is 20.0. The number of hydrogen-bond acceptors (Lipinski definition) is 2. The molecule has 0 saturated heterocycles. The van der Waals surface area contributed by atoms with E-state index in [1.54, 1.807) is 4.90 Å². The van der Waals surface area contributed by atoms with Crippen LogP contribution in [-0.4, -0.2) is 22.4 Å². The van der Waals surface area contributed by atoms with E-state index in [4.69, 9.17) is 0 Å². The van der Waals surface area contributed by atoms with Crippen LogP contribution in [0.4, 0.5) is 5.69 Å². The molecule has 0 bridgehead atoms. The molecular formula is C24H30BrN3O2. The minimum absolute atomic E-state index is 0.0732. The number of carbonyl (C=O) groups excluding carboxylic acids is 2. The maximum absolute atomic E-state index is 13.6. The van der Waals surface area contributed by atoms with E-state index in [0.717, 1.165) is 64.3 Å². The number of aryl methyl sites for hydroxylation is 1. The van der Waals surface area contributed by atoms with E-state index in [2.05, 4.69) is 28.2 Å². The maximum atomic E-state index is 13.6. The summed E-state index contributed by atoms with van der Waals surface area (Å²) >= 11 is 3.54. The Bertz CT molecular complexity index is 1020. The molecule has 1 aromatic carbocycles. The van der Waals surface area contributed by atoms with Gasteiger partial charge in [-0.1, -0.05) is 22.9 Å². The topological polar surface area (TPSA) is 54.3 Å². The molecule has 6 heteroatoms. The second kappa shape index (κ2) is 7.88. The number of fused-ring (bicyclic) bond motifs is 1. The molecule has 4 rings (SSSR count). The molecule has 1 N–H and O–H groups in total. The van der Waals surface area contributed by atoms with Gasteiger partial charge in [-0.15, -0.1) is 0 Å². The van der Waals surface area contributed by atoms with Crippen LogP contribution in [0.15, 0.2) is 22.7 Å². The molecule has 1 aliphatic heterocycles. The molecule has 2 amide bonds. The third kappa shape index (κ3) is 3.39. The van der Waals surface area contributed by atoms with Crippen LogP contribution < -0.4 is 10.2 Å². The molecule has 2 heterocycles. The normalized spacial score (nSPS) is 23.6. The molecule has 5 nitrogen and oxygen atoms in total. The summed E-state index contributed by atoms with van der Waals surface area (Å²) in [6.07, 6.45) is 4.28. The van der Waals surface area contributed by atoms with Gasteiger partial charge in [-0.25, -0.2) is 0 Å². The van der Waals surface area contributed by atoms with Crippen LogP contribution in [0.5, 0.6) is 0 Å². The summed E-state index contributed by atoms with van der Waals surface area (Å²) in [6, 6.07) is 5.38. The summed E-state index contributed by atoms with van der Waals surface area (Å²) in [5.41, 5.74) is 5.20.